The van der Waals surface area contributed by atoms with Crippen LogP contribution in [0.15, 0.2) is 29.2 Å². The minimum Gasteiger partial charge on any atom is -0.398 e. The van der Waals surface area contributed by atoms with Gasteiger partial charge in [-0.05, 0) is 24.5 Å². The zero-order valence-electron chi connectivity index (χ0n) is 10.5. The van der Waals surface area contributed by atoms with Crippen molar-refractivity contribution in [2.24, 2.45) is 5.92 Å². The second kappa shape index (κ2) is 7.45. The monoisotopic (exact) mass is 255 g/mol. The number of benzene rings is 1. The summed E-state index contributed by atoms with van der Waals surface area (Å²) in [6, 6.07) is 7.27. The largest absolute Gasteiger partial charge is 0.398 e. The van der Waals surface area contributed by atoms with Gasteiger partial charge in [-0.15, -0.1) is 0 Å². The number of nitrogens with two attached hydrogens (primary N) is 1. The number of hydrogen-bond donors (Lipinski definition) is 1. The fourth-order valence-corrected chi connectivity index (χ4v) is 2.40. The molecule has 0 aliphatic carbocycles. The van der Waals surface area contributed by atoms with Crippen molar-refractivity contribution in [3.8, 4) is 0 Å². The Hall–Kier alpha value is -0.870. The summed E-state index contributed by atoms with van der Waals surface area (Å²) in [5, 5.41) is 0. The Balaban J connectivity index is 2.29. The number of para-hydroxylation sites is 1. The summed E-state index contributed by atoms with van der Waals surface area (Å²) in [5.74, 6) is 1.15. The Morgan fingerprint density at radius 2 is 2.00 bits per heavy atom. The predicted octanol–water partition coefficient (Wildman–Crippen LogP) is 2.44. The molecule has 0 fully saturated rings. The van der Waals surface area contributed by atoms with Gasteiger partial charge in [-0.25, -0.2) is 0 Å². The topological polar surface area (TPSA) is 52.3 Å². The molecule has 1 atom stereocenters. The fraction of sp³-hybridized carbons (Fsp3) is 0.538. The number of rotatable bonds is 7. The van der Waals surface area contributed by atoms with Crippen molar-refractivity contribution in [2.75, 3.05) is 24.7 Å². The SMILES string of the molecule is CC(C)CCOCCS(=O)c1ccccc1N. The molecular weight excluding hydrogens is 234 g/mol. The molecule has 0 aliphatic heterocycles. The van der Waals surface area contributed by atoms with Crippen molar-refractivity contribution in [3.63, 3.8) is 0 Å². The van der Waals surface area contributed by atoms with E-state index in [1.54, 1.807) is 12.1 Å². The van der Waals surface area contributed by atoms with Gasteiger partial charge in [0.15, 0.2) is 0 Å². The van der Waals surface area contributed by atoms with Crippen molar-refractivity contribution in [2.45, 2.75) is 25.2 Å². The average molecular weight is 255 g/mol. The maximum Gasteiger partial charge on any atom is 0.0618 e. The van der Waals surface area contributed by atoms with Crippen molar-refractivity contribution < 1.29 is 8.95 Å². The molecule has 17 heavy (non-hydrogen) atoms. The summed E-state index contributed by atoms with van der Waals surface area (Å²) in [6.07, 6.45) is 1.04. The highest BCUT2D eigenvalue weighted by molar-refractivity contribution is 7.85. The average Bonchev–Trinajstić information content (AvgIpc) is 2.28. The van der Waals surface area contributed by atoms with Gasteiger partial charge in [-0.3, -0.25) is 4.21 Å². The molecule has 0 amide bonds. The van der Waals surface area contributed by atoms with E-state index in [1.165, 1.54) is 0 Å². The summed E-state index contributed by atoms with van der Waals surface area (Å²) in [5.41, 5.74) is 6.35. The molecule has 1 unspecified atom stereocenters. The third kappa shape index (κ3) is 5.33. The summed E-state index contributed by atoms with van der Waals surface area (Å²) < 4.78 is 17.4. The molecule has 0 saturated heterocycles. The zero-order valence-corrected chi connectivity index (χ0v) is 11.3. The maximum absolute atomic E-state index is 11.9. The molecule has 1 aromatic carbocycles. The minimum absolute atomic E-state index is 0.506. The van der Waals surface area contributed by atoms with E-state index >= 15 is 0 Å². The van der Waals surface area contributed by atoms with E-state index < -0.39 is 10.8 Å². The smallest absolute Gasteiger partial charge is 0.0618 e. The second-order valence-corrected chi connectivity index (χ2v) is 5.92. The number of nitrogen functional groups attached to an aromatic ring is 1. The first-order chi connectivity index (χ1) is 8.11. The molecule has 4 heteroatoms. The van der Waals surface area contributed by atoms with Crippen LogP contribution in [0.3, 0.4) is 0 Å². The van der Waals surface area contributed by atoms with E-state index in [-0.39, 0.29) is 0 Å². The van der Waals surface area contributed by atoms with Crippen LogP contribution in [0.25, 0.3) is 0 Å². The Bertz CT molecular complexity index is 366. The first-order valence-electron chi connectivity index (χ1n) is 5.92. The van der Waals surface area contributed by atoms with Crippen LogP contribution in [0.1, 0.15) is 20.3 Å². The maximum atomic E-state index is 11.9. The lowest BCUT2D eigenvalue weighted by molar-refractivity contribution is 0.138. The van der Waals surface area contributed by atoms with Gasteiger partial charge < -0.3 is 10.5 Å². The quantitative estimate of drug-likeness (QED) is 0.601. The van der Waals surface area contributed by atoms with Gasteiger partial charge in [-0.2, -0.15) is 0 Å². The lowest BCUT2D eigenvalue weighted by atomic mass is 10.1. The minimum atomic E-state index is -1.06. The summed E-state index contributed by atoms with van der Waals surface area (Å²) >= 11 is 0. The molecule has 0 radical (unpaired) electrons. The molecule has 0 spiro atoms. The van der Waals surface area contributed by atoms with Crippen LogP contribution in [0.4, 0.5) is 5.69 Å². The van der Waals surface area contributed by atoms with E-state index in [0.717, 1.165) is 13.0 Å². The van der Waals surface area contributed by atoms with E-state index in [4.69, 9.17) is 10.5 Å². The molecular formula is C13H21NO2S. The van der Waals surface area contributed by atoms with Crippen molar-refractivity contribution in [1.29, 1.82) is 0 Å². The van der Waals surface area contributed by atoms with Gasteiger partial charge in [0.2, 0.25) is 0 Å². The standard InChI is InChI=1S/C13H21NO2S/c1-11(2)7-8-16-9-10-17(15)13-6-4-3-5-12(13)14/h3-6,11H,7-10,14H2,1-2H3. The molecule has 0 aromatic heterocycles. The summed E-state index contributed by atoms with van der Waals surface area (Å²) in [4.78, 5) is 0.708. The van der Waals surface area contributed by atoms with Crippen LogP contribution < -0.4 is 5.73 Å². The van der Waals surface area contributed by atoms with Crippen molar-refractivity contribution >= 4 is 16.5 Å². The molecule has 1 aromatic rings. The molecule has 0 bridgehead atoms. The molecule has 0 aliphatic rings. The van der Waals surface area contributed by atoms with Gasteiger partial charge in [0.25, 0.3) is 0 Å². The van der Waals surface area contributed by atoms with Crippen LogP contribution in [0.2, 0.25) is 0 Å². The summed E-state index contributed by atoms with van der Waals surface area (Å²) in [6.45, 7) is 5.57. The lowest BCUT2D eigenvalue weighted by Crippen LogP contribution is -2.09. The molecule has 0 heterocycles. The Morgan fingerprint density at radius 3 is 2.65 bits per heavy atom. The highest BCUT2D eigenvalue weighted by atomic mass is 32.2. The number of hydrogen-bond acceptors (Lipinski definition) is 3. The number of ether oxygens (including phenoxy) is 1. The molecule has 2 N–H and O–H groups in total. The van der Waals surface area contributed by atoms with Gasteiger partial charge in [0.05, 0.1) is 28.1 Å². The highest BCUT2D eigenvalue weighted by Crippen LogP contribution is 2.15. The highest BCUT2D eigenvalue weighted by Gasteiger charge is 2.06. The predicted molar refractivity (Wildman–Crippen MR) is 72.4 cm³/mol. The van der Waals surface area contributed by atoms with Crippen molar-refractivity contribution in [3.05, 3.63) is 24.3 Å². The van der Waals surface area contributed by atoms with E-state index in [9.17, 15) is 4.21 Å². The Morgan fingerprint density at radius 1 is 1.29 bits per heavy atom. The Kier molecular flexibility index (Phi) is 6.22. The Labute approximate surface area is 106 Å². The van der Waals surface area contributed by atoms with Gasteiger partial charge in [0.1, 0.15) is 0 Å². The third-order valence-electron chi connectivity index (χ3n) is 2.42. The fourth-order valence-electron chi connectivity index (χ4n) is 1.35. The van der Waals surface area contributed by atoms with Crippen LogP contribution in [-0.2, 0) is 15.5 Å². The van der Waals surface area contributed by atoms with Crippen LogP contribution in [0, 0.1) is 5.92 Å². The molecule has 1 rings (SSSR count). The van der Waals surface area contributed by atoms with Crippen LogP contribution in [-0.4, -0.2) is 23.2 Å². The first kappa shape index (κ1) is 14.2. The van der Waals surface area contributed by atoms with E-state index in [2.05, 4.69) is 13.8 Å². The second-order valence-electron chi connectivity index (χ2n) is 4.38. The normalized spacial score (nSPS) is 12.9. The molecule has 96 valence electrons. The number of anilines is 1. The van der Waals surface area contributed by atoms with Crippen molar-refractivity contribution in [1.82, 2.24) is 0 Å². The third-order valence-corrected chi connectivity index (χ3v) is 3.82. The van der Waals surface area contributed by atoms with Gasteiger partial charge >= 0.3 is 0 Å². The first-order valence-corrected chi connectivity index (χ1v) is 7.23. The van der Waals surface area contributed by atoms with E-state index in [0.29, 0.717) is 28.9 Å². The molecule has 0 saturated carbocycles. The van der Waals surface area contributed by atoms with Crippen LogP contribution in [0.5, 0.6) is 0 Å². The van der Waals surface area contributed by atoms with E-state index in [1.807, 2.05) is 12.1 Å². The summed E-state index contributed by atoms with van der Waals surface area (Å²) in [7, 11) is -1.06. The van der Waals surface area contributed by atoms with Gasteiger partial charge in [0, 0.05) is 12.3 Å². The lowest BCUT2D eigenvalue weighted by Gasteiger charge is -2.07. The van der Waals surface area contributed by atoms with Crippen LogP contribution >= 0.6 is 0 Å². The molecule has 3 nitrogen and oxygen atoms in total. The zero-order chi connectivity index (χ0) is 12.7. The van der Waals surface area contributed by atoms with Gasteiger partial charge in [-0.1, -0.05) is 26.0 Å².